The SMILES string of the molecule is COC(=O)C1=CC(O)(c2ccccc2)OC1(C)OO. The highest BCUT2D eigenvalue weighted by atomic mass is 17.1. The van der Waals surface area contributed by atoms with Crippen molar-refractivity contribution in [1.82, 2.24) is 0 Å². The van der Waals surface area contributed by atoms with Gasteiger partial charge in [0.2, 0.25) is 11.6 Å². The van der Waals surface area contributed by atoms with Crippen LogP contribution in [-0.4, -0.2) is 29.2 Å². The molecule has 2 rings (SSSR count). The number of benzene rings is 1. The van der Waals surface area contributed by atoms with Crippen LogP contribution in [0.3, 0.4) is 0 Å². The van der Waals surface area contributed by atoms with Crippen LogP contribution in [0.15, 0.2) is 42.0 Å². The fourth-order valence-electron chi connectivity index (χ4n) is 1.95. The molecule has 0 aliphatic carbocycles. The second kappa shape index (κ2) is 4.75. The van der Waals surface area contributed by atoms with Gasteiger partial charge in [-0.1, -0.05) is 30.3 Å². The summed E-state index contributed by atoms with van der Waals surface area (Å²) in [6.45, 7) is 1.30. The van der Waals surface area contributed by atoms with E-state index in [1.165, 1.54) is 14.0 Å². The van der Waals surface area contributed by atoms with Gasteiger partial charge in [0.25, 0.3) is 0 Å². The molecule has 2 atom stereocenters. The minimum atomic E-state index is -1.87. The highest BCUT2D eigenvalue weighted by Crippen LogP contribution is 2.42. The van der Waals surface area contributed by atoms with Crippen molar-refractivity contribution in [3.05, 3.63) is 47.5 Å². The third-order valence-electron chi connectivity index (χ3n) is 2.95. The first-order chi connectivity index (χ1) is 8.95. The van der Waals surface area contributed by atoms with Crippen molar-refractivity contribution in [3.8, 4) is 0 Å². The number of ether oxygens (including phenoxy) is 2. The van der Waals surface area contributed by atoms with Crippen molar-refractivity contribution < 1.29 is 29.5 Å². The molecule has 102 valence electrons. The van der Waals surface area contributed by atoms with Gasteiger partial charge in [-0.25, -0.2) is 10.1 Å². The molecular formula is C13H14O6. The number of methoxy groups -OCH3 is 1. The number of hydrogen-bond donors (Lipinski definition) is 2. The highest BCUT2D eigenvalue weighted by molar-refractivity contribution is 5.91. The molecule has 0 fully saturated rings. The second-order valence-corrected chi connectivity index (χ2v) is 4.25. The maximum Gasteiger partial charge on any atom is 0.339 e. The second-order valence-electron chi connectivity index (χ2n) is 4.25. The van der Waals surface area contributed by atoms with E-state index in [0.717, 1.165) is 6.08 Å². The summed E-state index contributed by atoms with van der Waals surface area (Å²) >= 11 is 0. The molecule has 1 aliphatic rings. The van der Waals surface area contributed by atoms with E-state index in [1.807, 2.05) is 0 Å². The summed E-state index contributed by atoms with van der Waals surface area (Å²) < 4.78 is 9.87. The Balaban J connectivity index is 2.46. The first-order valence-corrected chi connectivity index (χ1v) is 5.57. The van der Waals surface area contributed by atoms with Crippen molar-refractivity contribution in [1.29, 1.82) is 0 Å². The largest absolute Gasteiger partial charge is 0.466 e. The predicted octanol–water partition coefficient (Wildman–Crippen LogP) is 1.17. The van der Waals surface area contributed by atoms with Crippen LogP contribution in [0.1, 0.15) is 12.5 Å². The Hall–Kier alpha value is -1.73. The van der Waals surface area contributed by atoms with Gasteiger partial charge in [0.15, 0.2) is 0 Å². The van der Waals surface area contributed by atoms with E-state index < -0.39 is 17.5 Å². The lowest BCUT2D eigenvalue weighted by Crippen LogP contribution is -2.38. The average Bonchev–Trinajstić information content (AvgIpc) is 2.73. The molecule has 0 bridgehead atoms. The van der Waals surface area contributed by atoms with Gasteiger partial charge < -0.3 is 14.6 Å². The predicted molar refractivity (Wildman–Crippen MR) is 63.6 cm³/mol. The number of carbonyl (C=O) groups excluding carboxylic acids is 1. The highest BCUT2D eigenvalue weighted by Gasteiger charge is 2.52. The van der Waals surface area contributed by atoms with Crippen LogP contribution in [0.2, 0.25) is 0 Å². The van der Waals surface area contributed by atoms with Crippen LogP contribution in [0, 0.1) is 0 Å². The molecule has 0 spiro atoms. The summed E-state index contributed by atoms with van der Waals surface area (Å²) in [6, 6.07) is 8.42. The van der Waals surface area contributed by atoms with Gasteiger partial charge in [-0.2, -0.15) is 4.89 Å². The number of hydrogen-bond acceptors (Lipinski definition) is 6. The van der Waals surface area contributed by atoms with Crippen molar-refractivity contribution >= 4 is 5.97 Å². The molecule has 0 amide bonds. The van der Waals surface area contributed by atoms with Gasteiger partial charge in [0.1, 0.15) is 5.57 Å². The Morgan fingerprint density at radius 1 is 1.32 bits per heavy atom. The molecule has 1 aliphatic heterocycles. The zero-order chi connectivity index (χ0) is 14.1. The monoisotopic (exact) mass is 266 g/mol. The molecule has 2 N–H and O–H groups in total. The van der Waals surface area contributed by atoms with Crippen LogP contribution < -0.4 is 0 Å². The summed E-state index contributed by atoms with van der Waals surface area (Å²) in [6.07, 6.45) is 1.16. The third-order valence-corrected chi connectivity index (χ3v) is 2.95. The molecule has 6 nitrogen and oxygen atoms in total. The van der Waals surface area contributed by atoms with Crippen molar-refractivity contribution in [2.75, 3.05) is 7.11 Å². The fraction of sp³-hybridized carbons (Fsp3) is 0.308. The Kier molecular flexibility index (Phi) is 3.42. The molecule has 1 aromatic rings. The van der Waals surface area contributed by atoms with Gasteiger partial charge in [-0.05, 0) is 13.0 Å². The first kappa shape index (κ1) is 13.7. The number of carbonyl (C=O) groups is 1. The molecule has 1 aromatic carbocycles. The van der Waals surface area contributed by atoms with E-state index >= 15 is 0 Å². The molecule has 0 saturated carbocycles. The van der Waals surface area contributed by atoms with Crippen LogP contribution in [0.5, 0.6) is 0 Å². The fourth-order valence-corrected chi connectivity index (χ4v) is 1.95. The molecule has 2 unspecified atom stereocenters. The zero-order valence-corrected chi connectivity index (χ0v) is 10.5. The van der Waals surface area contributed by atoms with E-state index in [9.17, 15) is 9.90 Å². The average molecular weight is 266 g/mol. The van der Waals surface area contributed by atoms with Crippen LogP contribution >= 0.6 is 0 Å². The molecular weight excluding hydrogens is 252 g/mol. The summed E-state index contributed by atoms with van der Waals surface area (Å²) in [7, 11) is 1.18. The van der Waals surface area contributed by atoms with Gasteiger partial charge in [0.05, 0.1) is 7.11 Å². The van der Waals surface area contributed by atoms with E-state index in [0.29, 0.717) is 5.56 Å². The topological polar surface area (TPSA) is 85.2 Å². The van der Waals surface area contributed by atoms with Crippen LogP contribution in [0.4, 0.5) is 0 Å². The van der Waals surface area contributed by atoms with Gasteiger partial charge in [-0.3, -0.25) is 0 Å². The Morgan fingerprint density at radius 3 is 2.47 bits per heavy atom. The lowest BCUT2D eigenvalue weighted by atomic mass is 10.0. The molecule has 1 heterocycles. The Labute approximate surface area is 109 Å². The van der Waals surface area contributed by atoms with Gasteiger partial charge in [0, 0.05) is 5.56 Å². The quantitative estimate of drug-likeness (QED) is 0.485. The molecule has 0 radical (unpaired) electrons. The molecule has 6 heteroatoms. The Bertz CT molecular complexity index is 511. The summed E-state index contributed by atoms with van der Waals surface area (Å²) in [4.78, 5) is 15.8. The van der Waals surface area contributed by atoms with E-state index in [2.05, 4.69) is 9.62 Å². The first-order valence-electron chi connectivity index (χ1n) is 5.57. The molecule has 19 heavy (non-hydrogen) atoms. The summed E-state index contributed by atoms with van der Waals surface area (Å²) in [5.74, 6) is -4.43. The normalized spacial score (nSPS) is 30.0. The van der Waals surface area contributed by atoms with Crippen LogP contribution in [0.25, 0.3) is 0 Å². The lowest BCUT2D eigenvalue weighted by Gasteiger charge is -2.28. The van der Waals surface area contributed by atoms with Crippen molar-refractivity contribution in [2.24, 2.45) is 0 Å². The number of rotatable bonds is 3. The van der Waals surface area contributed by atoms with Crippen molar-refractivity contribution in [2.45, 2.75) is 18.5 Å². The lowest BCUT2D eigenvalue weighted by molar-refractivity contribution is -0.411. The zero-order valence-electron chi connectivity index (χ0n) is 10.5. The van der Waals surface area contributed by atoms with E-state index in [1.54, 1.807) is 30.3 Å². The maximum atomic E-state index is 11.6. The maximum absolute atomic E-state index is 11.6. The minimum Gasteiger partial charge on any atom is -0.466 e. The van der Waals surface area contributed by atoms with Gasteiger partial charge >= 0.3 is 5.97 Å². The minimum absolute atomic E-state index is 0.121. The van der Waals surface area contributed by atoms with Crippen LogP contribution in [-0.2, 0) is 24.9 Å². The smallest absolute Gasteiger partial charge is 0.339 e. The van der Waals surface area contributed by atoms with E-state index in [4.69, 9.17) is 9.99 Å². The summed E-state index contributed by atoms with van der Waals surface area (Å²) in [5.41, 5.74) is 0.279. The third kappa shape index (κ3) is 2.26. The molecule has 0 aromatic heterocycles. The summed E-state index contributed by atoms with van der Waals surface area (Å²) in [5, 5.41) is 19.4. The number of esters is 1. The Morgan fingerprint density at radius 2 is 1.95 bits per heavy atom. The van der Waals surface area contributed by atoms with E-state index in [-0.39, 0.29) is 5.57 Å². The van der Waals surface area contributed by atoms with Crippen molar-refractivity contribution in [3.63, 3.8) is 0 Å². The van der Waals surface area contributed by atoms with Gasteiger partial charge in [-0.15, -0.1) is 0 Å². The standard InChI is InChI=1S/C13H14O6/c1-12(19-16)10(11(14)17-2)8-13(15,18-12)9-6-4-3-5-7-9/h3-8,15-16H,1-2H3. The number of aliphatic hydroxyl groups is 1. The molecule has 0 saturated heterocycles.